The maximum absolute atomic E-state index is 13.0. The molecular formula is C23H26O9S. The molecule has 0 N–H and O–H groups in total. The average Bonchev–Trinajstić information content (AvgIpc) is 2.80. The Labute approximate surface area is 192 Å². The minimum Gasteiger partial charge on any atom is -0.457 e. The van der Waals surface area contributed by atoms with Crippen molar-refractivity contribution >= 4 is 16.1 Å². The molecule has 2 heterocycles. The number of fused-ring (bicyclic) bond motifs is 1. The quantitative estimate of drug-likeness (QED) is 0.457. The lowest BCUT2D eigenvalue weighted by Crippen LogP contribution is -2.64. The van der Waals surface area contributed by atoms with Crippen LogP contribution in [0.25, 0.3) is 0 Å². The molecule has 0 saturated carbocycles. The third-order valence-corrected chi connectivity index (χ3v) is 6.76. The highest BCUT2D eigenvalue weighted by atomic mass is 32.2. The third kappa shape index (κ3) is 5.26. The first-order chi connectivity index (χ1) is 15.8. The van der Waals surface area contributed by atoms with E-state index in [1.807, 2.05) is 37.3 Å². The molecule has 2 fully saturated rings. The zero-order valence-corrected chi connectivity index (χ0v) is 19.3. The van der Waals surface area contributed by atoms with E-state index in [9.17, 15) is 13.2 Å². The van der Waals surface area contributed by atoms with Crippen molar-refractivity contribution in [1.29, 1.82) is 0 Å². The van der Waals surface area contributed by atoms with Gasteiger partial charge in [0.2, 0.25) is 0 Å². The molecule has 2 aliphatic heterocycles. The third-order valence-electron chi connectivity index (χ3n) is 5.44. The van der Waals surface area contributed by atoms with Gasteiger partial charge in [0.1, 0.15) is 12.2 Å². The molecule has 0 aromatic heterocycles. The van der Waals surface area contributed by atoms with Gasteiger partial charge in [0, 0.05) is 19.6 Å². The van der Waals surface area contributed by atoms with E-state index in [1.165, 1.54) is 26.2 Å². The second kappa shape index (κ2) is 9.88. The Balaban J connectivity index is 1.64. The SMILES string of the molecule is CO[C@@H]1O[C@H]2CO[C@H](c3ccccc3)O[C@H]2[C@H](OC(C)=O)[C@H]1OS(=O)(=O)c1ccc(C)cc1. The molecule has 0 spiro atoms. The summed E-state index contributed by atoms with van der Waals surface area (Å²) in [6, 6.07) is 15.4. The van der Waals surface area contributed by atoms with Gasteiger partial charge in [-0.05, 0) is 19.1 Å². The predicted octanol–water partition coefficient (Wildman–Crippen LogP) is 2.49. The summed E-state index contributed by atoms with van der Waals surface area (Å²) in [6.07, 6.45) is -5.83. The van der Waals surface area contributed by atoms with Crippen LogP contribution in [0, 0.1) is 6.92 Å². The molecule has 9 nitrogen and oxygen atoms in total. The van der Waals surface area contributed by atoms with Gasteiger partial charge in [-0.25, -0.2) is 0 Å². The van der Waals surface area contributed by atoms with Crippen LogP contribution in [0.5, 0.6) is 0 Å². The van der Waals surface area contributed by atoms with Gasteiger partial charge in [-0.15, -0.1) is 0 Å². The fourth-order valence-electron chi connectivity index (χ4n) is 3.85. The van der Waals surface area contributed by atoms with Crippen LogP contribution in [0.2, 0.25) is 0 Å². The molecule has 2 saturated heterocycles. The van der Waals surface area contributed by atoms with E-state index >= 15 is 0 Å². The van der Waals surface area contributed by atoms with E-state index in [4.69, 9.17) is 27.9 Å². The molecule has 2 aromatic carbocycles. The van der Waals surface area contributed by atoms with E-state index in [2.05, 4.69) is 0 Å². The van der Waals surface area contributed by atoms with Gasteiger partial charge in [0.25, 0.3) is 10.1 Å². The topological polar surface area (TPSA) is 107 Å². The van der Waals surface area contributed by atoms with E-state index in [-0.39, 0.29) is 11.5 Å². The van der Waals surface area contributed by atoms with E-state index in [0.29, 0.717) is 0 Å². The van der Waals surface area contributed by atoms with Gasteiger partial charge in [0.15, 0.2) is 24.8 Å². The van der Waals surface area contributed by atoms with Crippen molar-refractivity contribution < 1.29 is 41.1 Å². The van der Waals surface area contributed by atoms with Crippen LogP contribution in [0.4, 0.5) is 0 Å². The van der Waals surface area contributed by atoms with Crippen LogP contribution < -0.4 is 0 Å². The van der Waals surface area contributed by atoms with Crippen molar-refractivity contribution in [3.05, 3.63) is 65.7 Å². The standard InChI is InChI=1S/C23H26O9S/c1-14-9-11-17(12-10-14)33(25,26)32-21-20(29-15(2)24)19-18(30-23(21)27-3)13-28-22(31-19)16-7-5-4-6-8-16/h4-12,18-23H,13H2,1-3H3/t18-,19+,20-,21+,22-,23+/m0/s1. The van der Waals surface area contributed by atoms with Crippen molar-refractivity contribution in [3.63, 3.8) is 0 Å². The smallest absolute Gasteiger partial charge is 0.303 e. The van der Waals surface area contributed by atoms with Crippen molar-refractivity contribution in [3.8, 4) is 0 Å². The molecule has 33 heavy (non-hydrogen) atoms. The summed E-state index contributed by atoms with van der Waals surface area (Å²) < 4.78 is 60.2. The highest BCUT2D eigenvalue weighted by molar-refractivity contribution is 7.86. The molecule has 2 aliphatic rings. The Kier molecular flexibility index (Phi) is 7.13. The van der Waals surface area contributed by atoms with Gasteiger partial charge >= 0.3 is 5.97 Å². The first-order valence-corrected chi connectivity index (χ1v) is 11.9. The monoisotopic (exact) mass is 478 g/mol. The van der Waals surface area contributed by atoms with E-state index in [0.717, 1.165) is 11.1 Å². The number of carbonyl (C=O) groups is 1. The lowest BCUT2D eigenvalue weighted by atomic mass is 9.97. The highest BCUT2D eigenvalue weighted by Gasteiger charge is 2.54. The summed E-state index contributed by atoms with van der Waals surface area (Å²) in [5, 5.41) is 0. The fourth-order valence-corrected chi connectivity index (χ4v) is 4.92. The largest absolute Gasteiger partial charge is 0.457 e. The van der Waals surface area contributed by atoms with Gasteiger partial charge in [-0.3, -0.25) is 8.98 Å². The maximum Gasteiger partial charge on any atom is 0.303 e. The molecular weight excluding hydrogens is 452 g/mol. The number of hydrogen-bond acceptors (Lipinski definition) is 9. The van der Waals surface area contributed by atoms with Gasteiger partial charge in [-0.2, -0.15) is 8.42 Å². The van der Waals surface area contributed by atoms with E-state index in [1.54, 1.807) is 12.1 Å². The van der Waals surface area contributed by atoms with Crippen LogP contribution in [-0.4, -0.2) is 58.8 Å². The minimum atomic E-state index is -4.23. The molecule has 4 rings (SSSR count). The second-order valence-corrected chi connectivity index (χ2v) is 9.43. The van der Waals surface area contributed by atoms with Gasteiger partial charge < -0.3 is 23.7 Å². The summed E-state index contributed by atoms with van der Waals surface area (Å²) in [5.41, 5.74) is 1.66. The summed E-state index contributed by atoms with van der Waals surface area (Å²) in [5.74, 6) is -0.622. The molecule has 10 heteroatoms. The lowest BCUT2D eigenvalue weighted by molar-refractivity contribution is -0.355. The number of rotatable bonds is 6. The number of hydrogen-bond donors (Lipinski definition) is 0. The average molecular weight is 479 g/mol. The van der Waals surface area contributed by atoms with E-state index < -0.39 is 53.1 Å². The van der Waals surface area contributed by atoms with Gasteiger partial charge in [0.05, 0.1) is 11.5 Å². The van der Waals surface area contributed by atoms with Crippen molar-refractivity contribution in [2.24, 2.45) is 0 Å². The maximum atomic E-state index is 13.0. The zero-order chi connectivity index (χ0) is 23.6. The Hall–Kier alpha value is -2.34. The van der Waals surface area contributed by atoms with Crippen LogP contribution in [0.3, 0.4) is 0 Å². The lowest BCUT2D eigenvalue weighted by Gasteiger charge is -2.47. The Bertz CT molecular complexity index is 1060. The van der Waals surface area contributed by atoms with Crippen LogP contribution >= 0.6 is 0 Å². The number of methoxy groups -OCH3 is 1. The Morgan fingerprint density at radius 2 is 1.70 bits per heavy atom. The highest BCUT2D eigenvalue weighted by Crippen LogP contribution is 2.37. The number of esters is 1. The number of aryl methyl sites for hydroxylation is 1. The van der Waals surface area contributed by atoms with Crippen molar-refractivity contribution in [2.75, 3.05) is 13.7 Å². The predicted molar refractivity (Wildman–Crippen MR) is 114 cm³/mol. The molecule has 6 atom stereocenters. The van der Waals surface area contributed by atoms with Crippen LogP contribution in [-0.2, 0) is 42.8 Å². The Morgan fingerprint density at radius 3 is 2.33 bits per heavy atom. The fraction of sp³-hybridized carbons (Fsp3) is 0.435. The summed E-state index contributed by atoms with van der Waals surface area (Å²) in [4.78, 5) is 11.9. The van der Waals surface area contributed by atoms with Gasteiger partial charge in [-0.1, -0.05) is 48.0 Å². The molecule has 2 aromatic rings. The summed E-state index contributed by atoms with van der Waals surface area (Å²) >= 11 is 0. The van der Waals surface area contributed by atoms with Crippen LogP contribution in [0.15, 0.2) is 59.5 Å². The van der Waals surface area contributed by atoms with Crippen LogP contribution in [0.1, 0.15) is 24.3 Å². The summed E-state index contributed by atoms with van der Waals surface area (Å²) in [7, 11) is -2.88. The molecule has 178 valence electrons. The number of carbonyl (C=O) groups excluding carboxylic acids is 1. The molecule has 0 amide bonds. The molecule has 0 unspecified atom stereocenters. The Morgan fingerprint density at radius 1 is 1.00 bits per heavy atom. The van der Waals surface area contributed by atoms with Crippen molar-refractivity contribution in [2.45, 2.75) is 55.7 Å². The first-order valence-electron chi connectivity index (χ1n) is 10.5. The molecule has 0 bridgehead atoms. The van der Waals surface area contributed by atoms with Crippen molar-refractivity contribution in [1.82, 2.24) is 0 Å². The minimum absolute atomic E-state index is 0.0401. The summed E-state index contributed by atoms with van der Waals surface area (Å²) in [6.45, 7) is 3.20. The zero-order valence-electron chi connectivity index (χ0n) is 18.4. The molecule has 0 radical (unpaired) electrons. The first kappa shape index (κ1) is 23.8. The second-order valence-electron chi connectivity index (χ2n) is 7.86. The normalized spacial score (nSPS) is 29.8. The molecule has 0 aliphatic carbocycles. The number of benzene rings is 2. The number of ether oxygens (including phenoxy) is 5.